The van der Waals surface area contributed by atoms with Gasteiger partial charge in [-0.3, -0.25) is 10.1 Å². The summed E-state index contributed by atoms with van der Waals surface area (Å²) in [6, 6.07) is 1.36. The highest BCUT2D eigenvalue weighted by Gasteiger charge is 2.39. The lowest BCUT2D eigenvalue weighted by Crippen LogP contribution is -2.11. The molecule has 0 aliphatic carbocycles. The first kappa shape index (κ1) is 13.2. The van der Waals surface area contributed by atoms with Gasteiger partial charge in [0.25, 0.3) is 5.69 Å². The van der Waals surface area contributed by atoms with Crippen LogP contribution in [-0.2, 0) is 12.7 Å². The molecule has 0 heterocycles. The highest BCUT2D eigenvalue weighted by molar-refractivity contribution is 5.51. The summed E-state index contributed by atoms with van der Waals surface area (Å²) < 4.78 is 42.4. The molecule has 0 saturated carbocycles. The molecule has 0 aliphatic rings. The van der Waals surface area contributed by atoms with E-state index in [-0.39, 0.29) is 17.9 Å². The minimum atomic E-state index is -4.82. The summed E-state index contributed by atoms with van der Waals surface area (Å²) in [7, 11) is 1.17. The van der Waals surface area contributed by atoms with Gasteiger partial charge in [0, 0.05) is 18.2 Å². The van der Waals surface area contributed by atoms with Crippen molar-refractivity contribution in [2.75, 3.05) is 7.11 Å². The van der Waals surface area contributed by atoms with Crippen LogP contribution in [-0.4, -0.2) is 12.0 Å². The van der Waals surface area contributed by atoms with Gasteiger partial charge in [-0.15, -0.1) is 0 Å². The van der Waals surface area contributed by atoms with Crippen molar-refractivity contribution in [3.8, 4) is 5.75 Å². The molecule has 0 saturated heterocycles. The van der Waals surface area contributed by atoms with Gasteiger partial charge in [0.05, 0.1) is 12.0 Å². The van der Waals surface area contributed by atoms with E-state index < -0.39 is 22.4 Å². The monoisotopic (exact) mass is 250 g/mol. The lowest BCUT2D eigenvalue weighted by atomic mass is 10.1. The van der Waals surface area contributed by atoms with E-state index in [1.54, 1.807) is 0 Å². The third kappa shape index (κ3) is 2.64. The maximum absolute atomic E-state index is 12.6. The van der Waals surface area contributed by atoms with Crippen molar-refractivity contribution in [3.05, 3.63) is 33.4 Å². The molecule has 94 valence electrons. The van der Waals surface area contributed by atoms with Crippen molar-refractivity contribution in [2.45, 2.75) is 12.7 Å². The normalized spacial score (nSPS) is 11.4. The van der Waals surface area contributed by atoms with E-state index in [4.69, 9.17) is 10.5 Å². The van der Waals surface area contributed by atoms with Crippen LogP contribution in [0.1, 0.15) is 11.1 Å². The van der Waals surface area contributed by atoms with Crippen LogP contribution in [0.5, 0.6) is 5.75 Å². The van der Waals surface area contributed by atoms with E-state index in [9.17, 15) is 23.3 Å². The Bertz CT molecular complexity index is 446. The van der Waals surface area contributed by atoms with Crippen LogP contribution in [0.3, 0.4) is 0 Å². The predicted octanol–water partition coefficient (Wildman–Crippen LogP) is 2.08. The van der Waals surface area contributed by atoms with Crippen LogP contribution in [0.25, 0.3) is 0 Å². The summed E-state index contributed by atoms with van der Waals surface area (Å²) in [6.07, 6.45) is -4.82. The van der Waals surface area contributed by atoms with Crippen molar-refractivity contribution < 1.29 is 22.8 Å². The topological polar surface area (TPSA) is 78.4 Å². The number of methoxy groups -OCH3 is 1. The number of nitrogens with zero attached hydrogens (tertiary/aromatic N) is 1. The van der Waals surface area contributed by atoms with E-state index in [2.05, 4.69) is 0 Å². The van der Waals surface area contributed by atoms with Crippen LogP contribution in [0, 0.1) is 10.1 Å². The molecule has 0 bridgehead atoms. The van der Waals surface area contributed by atoms with Crippen molar-refractivity contribution in [2.24, 2.45) is 5.73 Å². The molecule has 0 aromatic heterocycles. The number of nitrogens with two attached hydrogens (primary N) is 1. The number of rotatable bonds is 3. The first-order valence-electron chi connectivity index (χ1n) is 4.43. The molecule has 1 aromatic carbocycles. The molecule has 0 unspecified atom stereocenters. The van der Waals surface area contributed by atoms with Crippen molar-refractivity contribution in [3.63, 3.8) is 0 Å². The highest BCUT2D eigenvalue weighted by Crippen LogP contribution is 2.39. The lowest BCUT2D eigenvalue weighted by Gasteiger charge is -2.12. The van der Waals surface area contributed by atoms with Gasteiger partial charge >= 0.3 is 6.18 Å². The summed E-state index contributed by atoms with van der Waals surface area (Å²) >= 11 is 0. The van der Waals surface area contributed by atoms with Crippen LogP contribution >= 0.6 is 0 Å². The lowest BCUT2D eigenvalue weighted by molar-refractivity contribution is -0.388. The van der Waals surface area contributed by atoms with Crippen molar-refractivity contribution in [1.82, 2.24) is 0 Å². The van der Waals surface area contributed by atoms with Gasteiger partial charge in [0.1, 0.15) is 11.3 Å². The average Bonchev–Trinajstić information content (AvgIpc) is 2.25. The zero-order valence-corrected chi connectivity index (χ0v) is 8.75. The smallest absolute Gasteiger partial charge is 0.423 e. The van der Waals surface area contributed by atoms with E-state index >= 15 is 0 Å². The Balaban J connectivity index is 3.52. The first-order chi connectivity index (χ1) is 7.81. The molecule has 17 heavy (non-hydrogen) atoms. The molecule has 0 amide bonds. The number of halogens is 3. The fourth-order valence-corrected chi connectivity index (χ4v) is 1.34. The minimum Gasteiger partial charge on any atom is -0.496 e. The Morgan fingerprint density at radius 1 is 1.47 bits per heavy atom. The zero-order valence-electron chi connectivity index (χ0n) is 8.75. The van der Waals surface area contributed by atoms with Gasteiger partial charge in [-0.05, 0) is 6.07 Å². The molecule has 1 rings (SSSR count). The average molecular weight is 250 g/mol. The fourth-order valence-electron chi connectivity index (χ4n) is 1.34. The maximum Gasteiger partial charge on any atom is 0.423 e. The summed E-state index contributed by atoms with van der Waals surface area (Å²) in [4.78, 5) is 9.46. The van der Waals surface area contributed by atoms with Crippen molar-refractivity contribution in [1.29, 1.82) is 0 Å². The van der Waals surface area contributed by atoms with E-state index in [0.717, 1.165) is 6.07 Å². The quantitative estimate of drug-likeness (QED) is 0.658. The van der Waals surface area contributed by atoms with E-state index in [0.29, 0.717) is 6.07 Å². The second-order valence-corrected chi connectivity index (χ2v) is 3.14. The predicted molar refractivity (Wildman–Crippen MR) is 52.5 cm³/mol. The second kappa shape index (κ2) is 4.58. The molecule has 5 nitrogen and oxygen atoms in total. The van der Waals surface area contributed by atoms with Crippen LogP contribution in [0.2, 0.25) is 0 Å². The first-order valence-corrected chi connectivity index (χ1v) is 4.43. The molecular weight excluding hydrogens is 241 g/mol. The second-order valence-electron chi connectivity index (χ2n) is 3.14. The number of alkyl halides is 3. The van der Waals surface area contributed by atoms with Crippen LogP contribution in [0.15, 0.2) is 12.1 Å². The van der Waals surface area contributed by atoms with Crippen LogP contribution < -0.4 is 10.5 Å². The minimum absolute atomic E-state index is 0.120. The maximum atomic E-state index is 12.6. The number of ether oxygens (including phenoxy) is 1. The molecule has 0 atom stereocenters. The summed E-state index contributed by atoms with van der Waals surface area (Å²) in [5.74, 6) is -0.120. The van der Waals surface area contributed by atoms with E-state index in [1.165, 1.54) is 7.11 Å². The van der Waals surface area contributed by atoms with Gasteiger partial charge in [-0.25, -0.2) is 0 Å². The van der Waals surface area contributed by atoms with Gasteiger partial charge in [0.2, 0.25) is 0 Å². The summed E-state index contributed by atoms with van der Waals surface area (Å²) in [5.41, 5.74) is 3.04. The third-order valence-electron chi connectivity index (χ3n) is 2.12. The molecular formula is C9H9F3N2O3. The molecule has 0 spiro atoms. The molecule has 8 heteroatoms. The molecule has 0 radical (unpaired) electrons. The Morgan fingerprint density at radius 2 is 2.06 bits per heavy atom. The number of hydrogen-bond donors (Lipinski definition) is 1. The van der Waals surface area contributed by atoms with Crippen LogP contribution in [0.4, 0.5) is 18.9 Å². The number of nitro groups is 1. The zero-order chi connectivity index (χ0) is 13.2. The Labute approximate surface area is 94.1 Å². The van der Waals surface area contributed by atoms with Gasteiger partial charge < -0.3 is 10.5 Å². The number of nitro benzene ring substituents is 1. The Morgan fingerprint density at radius 3 is 2.41 bits per heavy atom. The van der Waals surface area contributed by atoms with Crippen molar-refractivity contribution >= 4 is 5.69 Å². The summed E-state index contributed by atoms with van der Waals surface area (Å²) in [5, 5.41) is 10.6. The third-order valence-corrected chi connectivity index (χ3v) is 2.12. The molecule has 0 aliphatic heterocycles. The summed E-state index contributed by atoms with van der Waals surface area (Å²) in [6.45, 7) is -0.151. The van der Waals surface area contributed by atoms with Gasteiger partial charge in [0.15, 0.2) is 0 Å². The largest absolute Gasteiger partial charge is 0.496 e. The molecule has 1 aromatic rings. The SMILES string of the molecule is COc1cc(C(F)(F)F)c([N+](=O)[O-])cc1CN. The Hall–Kier alpha value is -1.83. The number of benzene rings is 1. The highest BCUT2D eigenvalue weighted by atomic mass is 19.4. The molecule has 2 N–H and O–H groups in total. The standard InChI is InChI=1S/C9H9F3N2O3/c1-17-8-3-6(9(10,11)12)7(14(15)16)2-5(8)4-13/h2-3H,4,13H2,1H3. The van der Waals surface area contributed by atoms with Gasteiger partial charge in [-0.2, -0.15) is 13.2 Å². The Kier molecular flexibility index (Phi) is 3.56. The molecule has 0 fully saturated rings. The van der Waals surface area contributed by atoms with E-state index in [1.807, 2.05) is 0 Å². The number of hydrogen-bond acceptors (Lipinski definition) is 4. The fraction of sp³-hybridized carbons (Fsp3) is 0.333. The van der Waals surface area contributed by atoms with Gasteiger partial charge in [-0.1, -0.05) is 0 Å².